The second kappa shape index (κ2) is 7.01. The van der Waals surface area contributed by atoms with Crippen molar-refractivity contribution in [1.29, 1.82) is 0 Å². The highest BCUT2D eigenvalue weighted by atomic mass is 32.2. The number of rotatable bonds is 6. The van der Waals surface area contributed by atoms with E-state index in [9.17, 15) is 9.90 Å². The van der Waals surface area contributed by atoms with E-state index in [2.05, 4.69) is 45.0 Å². The van der Waals surface area contributed by atoms with Crippen molar-refractivity contribution < 1.29 is 14.1 Å². The van der Waals surface area contributed by atoms with Crippen LogP contribution < -0.4 is 0 Å². The minimum absolute atomic E-state index is 0.105. The topological polar surface area (TPSA) is 46.5 Å². The Morgan fingerprint density at radius 1 is 1.14 bits per heavy atom. The van der Waals surface area contributed by atoms with Gasteiger partial charge in [-0.15, -0.1) is 0 Å². The summed E-state index contributed by atoms with van der Waals surface area (Å²) in [4.78, 5) is 14.1. The van der Waals surface area contributed by atoms with Crippen molar-refractivity contribution in [2.24, 2.45) is 5.41 Å². The maximum Gasteiger partial charge on any atom is 0.195 e. The number of carbonyl (C=O) groups is 1. The van der Waals surface area contributed by atoms with Crippen LogP contribution in [0.3, 0.4) is 0 Å². The molecule has 1 aromatic rings. The Hall–Kier alpha value is -1.62. The standard InChI is InChI=1S/C24H28O3S/c1-15-7-9-18(10-8-15)28-27-13-5-6-19-16(2)14-20-21(19)17(3)24(11-12-24)23(4,26)22(20)25/h7-10,14,26H,5-6,11-13H2,1-4H3/t23-/m0/s1. The maximum absolute atomic E-state index is 13.0. The van der Waals surface area contributed by atoms with E-state index in [0.717, 1.165) is 41.7 Å². The lowest BCUT2D eigenvalue weighted by atomic mass is 9.67. The van der Waals surface area contributed by atoms with Crippen molar-refractivity contribution >= 4 is 17.8 Å². The molecule has 1 aromatic carbocycles. The molecule has 3 aliphatic rings. The molecule has 0 heterocycles. The first-order valence-corrected chi connectivity index (χ1v) is 10.8. The summed E-state index contributed by atoms with van der Waals surface area (Å²) in [5.41, 5.74) is 5.06. The summed E-state index contributed by atoms with van der Waals surface area (Å²) in [6.07, 6.45) is 5.57. The summed E-state index contributed by atoms with van der Waals surface area (Å²) in [6.45, 7) is 8.62. The summed E-state index contributed by atoms with van der Waals surface area (Å²) >= 11 is 1.42. The summed E-state index contributed by atoms with van der Waals surface area (Å²) in [5.74, 6) is -0.105. The Morgan fingerprint density at radius 2 is 1.82 bits per heavy atom. The highest BCUT2D eigenvalue weighted by Gasteiger charge is 2.64. The zero-order chi connectivity index (χ0) is 20.1. The molecule has 3 nitrogen and oxygen atoms in total. The molecule has 4 heteroatoms. The molecule has 28 heavy (non-hydrogen) atoms. The number of aliphatic hydroxyl groups is 1. The molecule has 148 valence electrons. The van der Waals surface area contributed by atoms with Gasteiger partial charge in [-0.2, -0.15) is 0 Å². The Balaban J connectivity index is 1.41. The van der Waals surface area contributed by atoms with E-state index >= 15 is 0 Å². The van der Waals surface area contributed by atoms with Crippen LogP contribution in [0.1, 0.15) is 52.0 Å². The van der Waals surface area contributed by atoms with E-state index in [1.165, 1.54) is 28.8 Å². The second-order valence-electron chi connectivity index (χ2n) is 8.52. The summed E-state index contributed by atoms with van der Waals surface area (Å²) < 4.78 is 5.78. The largest absolute Gasteiger partial charge is 0.381 e. The van der Waals surface area contributed by atoms with Crippen LogP contribution in [-0.4, -0.2) is 23.1 Å². The van der Waals surface area contributed by atoms with Crippen LogP contribution in [0.2, 0.25) is 0 Å². The lowest BCUT2D eigenvalue weighted by Crippen LogP contribution is -2.49. The van der Waals surface area contributed by atoms with Gasteiger partial charge in [0.05, 0.1) is 6.61 Å². The summed E-state index contributed by atoms with van der Waals surface area (Å²) in [6, 6.07) is 8.32. The number of allylic oxidation sites excluding steroid dienone is 4. The van der Waals surface area contributed by atoms with Gasteiger partial charge in [0, 0.05) is 27.9 Å². The number of Topliss-reactive ketones (excluding diaryl/α,β-unsaturated/α-hetero) is 1. The second-order valence-corrected chi connectivity index (χ2v) is 9.40. The molecule has 3 aliphatic carbocycles. The van der Waals surface area contributed by atoms with Crippen molar-refractivity contribution in [3.63, 3.8) is 0 Å². The molecule has 0 bridgehead atoms. The van der Waals surface area contributed by atoms with Gasteiger partial charge in [0.2, 0.25) is 0 Å². The van der Waals surface area contributed by atoms with Gasteiger partial charge in [0.1, 0.15) is 5.60 Å². The monoisotopic (exact) mass is 396 g/mol. The zero-order valence-corrected chi connectivity index (χ0v) is 17.9. The van der Waals surface area contributed by atoms with Crippen molar-refractivity contribution in [2.75, 3.05) is 6.61 Å². The van der Waals surface area contributed by atoms with Crippen molar-refractivity contribution in [3.05, 3.63) is 63.8 Å². The number of ketones is 1. The molecular formula is C24H28O3S. The Bertz CT molecular complexity index is 912. The fourth-order valence-electron chi connectivity index (χ4n) is 4.75. The lowest BCUT2D eigenvalue weighted by Gasteiger charge is -2.39. The number of hydrogen-bond donors (Lipinski definition) is 1. The van der Waals surface area contributed by atoms with Crippen LogP contribution in [0, 0.1) is 12.3 Å². The Morgan fingerprint density at radius 3 is 2.46 bits per heavy atom. The van der Waals surface area contributed by atoms with E-state index in [4.69, 9.17) is 4.18 Å². The lowest BCUT2D eigenvalue weighted by molar-refractivity contribution is -0.137. The number of carbonyl (C=O) groups excluding carboxylic acids is 1. The third kappa shape index (κ3) is 3.02. The minimum Gasteiger partial charge on any atom is -0.381 e. The first kappa shape index (κ1) is 19.7. The summed E-state index contributed by atoms with van der Waals surface area (Å²) in [5, 5.41) is 10.9. The third-order valence-electron chi connectivity index (χ3n) is 6.70. The average Bonchev–Trinajstić information content (AvgIpc) is 3.41. The quantitative estimate of drug-likeness (QED) is 0.510. The summed E-state index contributed by atoms with van der Waals surface area (Å²) in [7, 11) is 0. The van der Waals surface area contributed by atoms with Crippen LogP contribution in [-0.2, 0) is 8.98 Å². The maximum atomic E-state index is 13.0. The highest BCUT2D eigenvalue weighted by Crippen LogP contribution is 2.65. The Labute approximate surface area is 171 Å². The van der Waals surface area contributed by atoms with Gasteiger partial charge >= 0.3 is 0 Å². The molecule has 4 rings (SSSR count). The molecule has 1 spiro atoms. The van der Waals surface area contributed by atoms with Crippen LogP contribution in [0.15, 0.2) is 63.1 Å². The van der Waals surface area contributed by atoms with Crippen LogP contribution in [0.5, 0.6) is 0 Å². The fourth-order valence-corrected chi connectivity index (χ4v) is 5.33. The molecule has 0 unspecified atom stereocenters. The van der Waals surface area contributed by atoms with Crippen LogP contribution in [0.4, 0.5) is 0 Å². The van der Waals surface area contributed by atoms with Gasteiger partial charge in [0.15, 0.2) is 5.78 Å². The van der Waals surface area contributed by atoms with Crippen molar-refractivity contribution in [2.45, 2.75) is 63.9 Å². The first-order valence-electron chi connectivity index (χ1n) is 10.0. The molecule has 0 radical (unpaired) electrons. The molecule has 0 aromatic heterocycles. The number of aryl methyl sites for hydroxylation is 1. The molecule has 1 atom stereocenters. The molecule has 0 saturated heterocycles. The van der Waals surface area contributed by atoms with Crippen molar-refractivity contribution in [3.8, 4) is 0 Å². The van der Waals surface area contributed by atoms with Gasteiger partial charge < -0.3 is 9.29 Å². The molecule has 1 N–H and O–H groups in total. The molecule has 1 saturated carbocycles. The van der Waals surface area contributed by atoms with E-state index in [1.54, 1.807) is 6.92 Å². The van der Waals surface area contributed by atoms with Gasteiger partial charge in [-0.3, -0.25) is 4.79 Å². The predicted molar refractivity (Wildman–Crippen MR) is 113 cm³/mol. The minimum atomic E-state index is -1.27. The van der Waals surface area contributed by atoms with Gasteiger partial charge in [0.25, 0.3) is 0 Å². The molecule has 1 fully saturated rings. The number of fused-ring (bicyclic) bond motifs is 1. The normalized spacial score (nSPS) is 25.5. The number of hydrogen-bond acceptors (Lipinski definition) is 4. The molecule has 0 aliphatic heterocycles. The van der Waals surface area contributed by atoms with Gasteiger partial charge in [-0.1, -0.05) is 23.3 Å². The smallest absolute Gasteiger partial charge is 0.195 e. The van der Waals surface area contributed by atoms with E-state index in [-0.39, 0.29) is 11.2 Å². The van der Waals surface area contributed by atoms with Gasteiger partial charge in [-0.05, 0) is 88.3 Å². The van der Waals surface area contributed by atoms with Crippen molar-refractivity contribution in [1.82, 2.24) is 0 Å². The number of benzene rings is 1. The third-order valence-corrected chi connectivity index (χ3v) is 7.45. The first-order chi connectivity index (χ1) is 13.3. The zero-order valence-electron chi connectivity index (χ0n) is 17.1. The average molecular weight is 397 g/mol. The van der Waals surface area contributed by atoms with E-state index in [0.29, 0.717) is 12.2 Å². The highest BCUT2D eigenvalue weighted by molar-refractivity contribution is 7.94. The predicted octanol–water partition coefficient (Wildman–Crippen LogP) is 5.49. The van der Waals surface area contributed by atoms with Crippen LogP contribution >= 0.6 is 12.0 Å². The SMILES string of the molecule is CC1=C(CCCOSc2ccc(C)cc2)C2=C(C)C3(CC3)[C@@](C)(O)C(=O)C2=C1. The van der Waals surface area contributed by atoms with Crippen LogP contribution in [0.25, 0.3) is 0 Å². The fraction of sp³-hybridized carbons (Fsp3) is 0.458. The van der Waals surface area contributed by atoms with E-state index in [1.807, 2.05) is 6.08 Å². The molecule has 0 amide bonds. The van der Waals surface area contributed by atoms with E-state index < -0.39 is 5.60 Å². The molecular weight excluding hydrogens is 368 g/mol. The van der Waals surface area contributed by atoms with Gasteiger partial charge in [-0.25, -0.2) is 0 Å². The Kier molecular flexibility index (Phi) is 4.93.